The molecule has 0 amide bonds. The number of hydrogen-bond donors (Lipinski definition) is 0. The third kappa shape index (κ3) is 7.55. The van der Waals surface area contributed by atoms with Gasteiger partial charge in [0.1, 0.15) is 30.7 Å². The smallest absolute Gasteiger partial charge is 1.00 e. The summed E-state index contributed by atoms with van der Waals surface area (Å²) in [7, 11) is 0. The maximum absolute atomic E-state index is 5.93. The van der Waals surface area contributed by atoms with Gasteiger partial charge in [0.25, 0.3) is 0 Å². The monoisotopic (exact) mass is 866 g/mol. The van der Waals surface area contributed by atoms with E-state index >= 15 is 0 Å². The van der Waals surface area contributed by atoms with Crippen LogP contribution in [0, 0.1) is 5.41 Å². The Bertz CT molecular complexity index is 753. The van der Waals surface area contributed by atoms with E-state index in [-0.39, 0.29) is 83.1 Å². The number of benzene rings is 2. The van der Waals surface area contributed by atoms with E-state index < -0.39 is 5.41 Å². The Kier molecular flexibility index (Phi) is 15.6. The first-order valence-electron chi connectivity index (χ1n) is 8.81. The molecule has 4 nitrogen and oxygen atoms in total. The van der Waals surface area contributed by atoms with Crippen LogP contribution in [0.2, 0.25) is 0 Å². The van der Waals surface area contributed by atoms with E-state index in [9.17, 15) is 0 Å². The maximum atomic E-state index is 5.93. The third-order valence-corrected chi connectivity index (χ3v) is 4.74. The molecule has 0 saturated heterocycles. The van der Waals surface area contributed by atoms with Crippen LogP contribution >= 0.6 is 37.2 Å². The largest absolute Gasteiger partial charge is 2.00 e. The van der Waals surface area contributed by atoms with E-state index in [1.165, 1.54) is 11.1 Å². The van der Waals surface area contributed by atoms with E-state index in [2.05, 4.69) is 75.3 Å². The van der Waals surface area contributed by atoms with E-state index in [1.807, 2.05) is 36.4 Å². The second-order valence-electron chi connectivity index (χ2n) is 6.97. The molecule has 0 unspecified atom stereocenters. The zero-order valence-electron chi connectivity index (χ0n) is 16.8. The fraction of sp³-hybridized carbons (Fsp3) is 0.333. The van der Waals surface area contributed by atoms with Crippen LogP contribution in [0.1, 0.15) is 37.1 Å². The molecule has 158 valence electrons. The van der Waals surface area contributed by atoms with Gasteiger partial charge < -0.3 is 57.4 Å². The summed E-state index contributed by atoms with van der Waals surface area (Å²) in [6.07, 6.45) is 0. The maximum Gasteiger partial charge on any atom is 2.00 e. The number of hydrogen-bond acceptors (Lipinski definition) is 4. The molecule has 0 fully saturated rings. The van der Waals surface area contributed by atoms with Crippen LogP contribution in [-0.4, -0.2) is 48.1 Å². The summed E-state index contributed by atoms with van der Waals surface area (Å²) in [5.74, 6) is 1.41. The van der Waals surface area contributed by atoms with Gasteiger partial charge in [-0.3, -0.25) is 0 Å². The minimum atomic E-state index is -0.465. The molecular weight excluding hydrogens is 844 g/mol. The molecule has 0 bridgehead atoms. The first-order chi connectivity index (χ1) is 13.1. The molecule has 2 aliphatic heterocycles. The second kappa shape index (κ2) is 15.1. The minimum Gasteiger partial charge on any atom is -1.00 e. The first-order valence-corrected chi connectivity index (χ1v) is 15.1. The van der Waals surface area contributed by atoms with E-state index in [0.717, 1.165) is 0 Å². The molecule has 2 aromatic rings. The summed E-state index contributed by atoms with van der Waals surface area (Å²) in [5, 5.41) is 0. The van der Waals surface area contributed by atoms with Gasteiger partial charge in [-0.25, -0.2) is 9.98 Å². The molecule has 0 saturated carbocycles. The topological polar surface area (TPSA) is 43.2 Å². The fourth-order valence-electron chi connectivity index (χ4n) is 3.21. The minimum absolute atomic E-state index is 0. The zero-order valence-corrected chi connectivity index (χ0v) is 26.8. The predicted octanol–water partition coefficient (Wildman–Crippen LogP) is -0.249. The molecule has 30 heavy (non-hydrogen) atoms. The van der Waals surface area contributed by atoms with Crippen LogP contribution in [-0.2, 0) is 9.47 Å². The van der Waals surface area contributed by atoms with Crippen LogP contribution < -0.4 is 48.0 Å². The van der Waals surface area contributed by atoms with Gasteiger partial charge in [0.15, 0.2) is 11.8 Å². The molecule has 0 spiro atoms. The quantitative estimate of drug-likeness (QED) is 0.315. The molecule has 2 aliphatic rings. The van der Waals surface area contributed by atoms with Crippen LogP contribution in [0.5, 0.6) is 0 Å². The van der Waals surface area contributed by atoms with Crippen molar-refractivity contribution in [1.82, 2.24) is 0 Å². The normalized spacial score (nSPS) is 19.2. The summed E-state index contributed by atoms with van der Waals surface area (Å²) in [6.45, 7) is 5.26. The zero-order chi connectivity index (χ0) is 19.3. The summed E-state index contributed by atoms with van der Waals surface area (Å²) in [4.78, 5) is 9.61. The number of nitrogens with zero attached hydrogens (tertiary/aromatic N) is 2. The Balaban J connectivity index is 0.00000163. The van der Waals surface area contributed by atoms with Gasteiger partial charge in [-0.05, 0) is 25.0 Å². The number of halogens is 4. The van der Waals surface area contributed by atoms with E-state index in [1.54, 1.807) is 0 Å². The second-order valence-corrected chi connectivity index (χ2v) is 6.97. The van der Waals surface area contributed by atoms with Gasteiger partial charge >= 0.3 is 23.1 Å². The first kappa shape index (κ1) is 31.1. The van der Waals surface area contributed by atoms with Crippen molar-refractivity contribution >= 4 is 72.1 Å². The molecule has 2 aromatic carbocycles. The molecule has 2 heterocycles. The molecular formula is C21H22I4MgN2O2. The van der Waals surface area contributed by atoms with Crippen LogP contribution in [0.15, 0.2) is 70.6 Å². The summed E-state index contributed by atoms with van der Waals surface area (Å²) in [6, 6.07) is 20.6. The van der Waals surface area contributed by atoms with Crippen molar-refractivity contribution in [2.75, 3.05) is 13.2 Å². The molecule has 2 atom stereocenters. The van der Waals surface area contributed by atoms with Gasteiger partial charge in [0.2, 0.25) is 0 Å². The number of ether oxygens (including phenoxy) is 2. The SMILES string of the molecule is CC(C)(C1=N[C@@H](c2ccccc2)CO1)C1=N[C@@H](c2ccccc2)CO1.II.[I-].[I-].[Mg+2]. The van der Waals surface area contributed by atoms with Gasteiger partial charge in [-0.2, -0.15) is 0 Å². The molecule has 0 radical (unpaired) electrons. The van der Waals surface area contributed by atoms with Crippen molar-refractivity contribution in [3.05, 3.63) is 71.8 Å². The van der Waals surface area contributed by atoms with Crippen molar-refractivity contribution in [1.29, 1.82) is 0 Å². The number of rotatable bonds is 4. The van der Waals surface area contributed by atoms with Crippen LogP contribution in [0.4, 0.5) is 0 Å². The fourth-order valence-corrected chi connectivity index (χ4v) is 3.21. The van der Waals surface area contributed by atoms with Crippen molar-refractivity contribution in [2.24, 2.45) is 15.4 Å². The molecule has 0 N–H and O–H groups in total. The molecule has 0 aromatic heterocycles. The van der Waals surface area contributed by atoms with Crippen LogP contribution in [0.3, 0.4) is 0 Å². The van der Waals surface area contributed by atoms with Gasteiger partial charge in [0, 0.05) is 37.2 Å². The summed E-state index contributed by atoms with van der Waals surface area (Å²) < 4.78 is 11.9. The molecule has 4 rings (SSSR count). The van der Waals surface area contributed by atoms with E-state index in [4.69, 9.17) is 19.5 Å². The standard InChI is InChI=1S/C21H22N2O2.I2.2HI.Mg/c1-21(2,19-22-17(13-24-19)15-9-5-3-6-10-15)20-23-18(14-25-20)16-11-7-4-8-12-16;1-2;;;/h3-12,17-18H,13-14H2,1-2H3;;2*1H;/q;;;;+2/p-2/t17-,18-;;;;/m1..../s1. The summed E-state index contributed by atoms with van der Waals surface area (Å²) in [5.41, 5.74) is 1.88. The third-order valence-electron chi connectivity index (χ3n) is 4.74. The van der Waals surface area contributed by atoms with E-state index in [0.29, 0.717) is 25.0 Å². The van der Waals surface area contributed by atoms with Crippen molar-refractivity contribution in [2.45, 2.75) is 25.9 Å². The van der Waals surface area contributed by atoms with Gasteiger partial charge in [-0.15, -0.1) is 0 Å². The molecule has 9 heteroatoms. The Morgan fingerprint density at radius 2 is 1.07 bits per heavy atom. The van der Waals surface area contributed by atoms with Gasteiger partial charge in [-0.1, -0.05) is 60.7 Å². The Morgan fingerprint density at radius 3 is 1.40 bits per heavy atom. The summed E-state index contributed by atoms with van der Waals surface area (Å²) >= 11 is 4.24. The average Bonchev–Trinajstić information content (AvgIpc) is 3.42. The predicted molar refractivity (Wildman–Crippen MR) is 133 cm³/mol. The molecule has 0 aliphatic carbocycles. The van der Waals surface area contributed by atoms with Crippen molar-refractivity contribution in [3.8, 4) is 0 Å². The Labute approximate surface area is 252 Å². The average molecular weight is 866 g/mol. The Morgan fingerprint density at radius 1 is 0.733 bits per heavy atom. The Hall–Kier alpha value is 1.07. The van der Waals surface area contributed by atoms with Crippen molar-refractivity contribution < 1.29 is 57.4 Å². The van der Waals surface area contributed by atoms with Gasteiger partial charge in [0.05, 0.1) is 0 Å². The number of aliphatic imine (C=N–C) groups is 2. The van der Waals surface area contributed by atoms with Crippen LogP contribution in [0.25, 0.3) is 0 Å². The van der Waals surface area contributed by atoms with Crippen molar-refractivity contribution in [3.63, 3.8) is 0 Å².